The van der Waals surface area contributed by atoms with Crippen molar-refractivity contribution in [1.82, 2.24) is 5.32 Å². The molecule has 1 fully saturated rings. The molecule has 18 heavy (non-hydrogen) atoms. The summed E-state index contributed by atoms with van der Waals surface area (Å²) < 4.78 is 18.8. The second-order valence-electron chi connectivity index (χ2n) is 4.69. The Kier molecular flexibility index (Phi) is 2.88. The van der Waals surface area contributed by atoms with Crippen LogP contribution >= 0.6 is 0 Å². The average molecular weight is 247 g/mol. The average Bonchev–Trinajstić information content (AvgIpc) is 2.97. The van der Waals surface area contributed by atoms with E-state index in [9.17, 15) is 9.18 Å². The van der Waals surface area contributed by atoms with Gasteiger partial charge in [-0.2, -0.15) is 0 Å². The van der Waals surface area contributed by atoms with Crippen molar-refractivity contribution in [3.8, 4) is 0 Å². The van der Waals surface area contributed by atoms with Crippen LogP contribution in [-0.2, 0) is 0 Å². The molecular weight excluding hydrogens is 233 g/mol. The highest BCUT2D eigenvalue weighted by Crippen LogP contribution is 2.23. The summed E-state index contributed by atoms with van der Waals surface area (Å²) in [4.78, 5) is 12.0. The van der Waals surface area contributed by atoms with Gasteiger partial charge in [0, 0.05) is 17.8 Å². The molecule has 1 aromatic carbocycles. The highest BCUT2D eigenvalue weighted by Gasteiger charge is 2.21. The molecule has 1 unspecified atom stereocenters. The second kappa shape index (κ2) is 4.53. The van der Waals surface area contributed by atoms with Crippen molar-refractivity contribution < 1.29 is 13.6 Å². The second-order valence-corrected chi connectivity index (χ2v) is 4.69. The Morgan fingerprint density at radius 3 is 3.11 bits per heavy atom. The van der Waals surface area contributed by atoms with Crippen LogP contribution in [0.1, 0.15) is 29.8 Å². The Hall–Kier alpha value is -1.68. The molecule has 0 aliphatic carbocycles. The van der Waals surface area contributed by atoms with Gasteiger partial charge in [0.25, 0.3) is 0 Å². The van der Waals surface area contributed by atoms with Gasteiger partial charge in [-0.3, -0.25) is 4.79 Å². The van der Waals surface area contributed by atoms with E-state index < -0.39 is 5.82 Å². The van der Waals surface area contributed by atoms with E-state index in [-0.39, 0.29) is 23.2 Å². The van der Waals surface area contributed by atoms with Gasteiger partial charge in [0.2, 0.25) is 0 Å². The first-order valence-electron chi connectivity index (χ1n) is 6.19. The molecule has 0 bridgehead atoms. The number of rotatable bonds is 3. The maximum absolute atomic E-state index is 13.5. The number of para-hydroxylation sites is 1. The van der Waals surface area contributed by atoms with Gasteiger partial charge in [0.05, 0.1) is 0 Å². The van der Waals surface area contributed by atoms with Gasteiger partial charge in [0.1, 0.15) is 0 Å². The monoisotopic (exact) mass is 247 g/mol. The molecule has 94 valence electrons. The van der Waals surface area contributed by atoms with Crippen LogP contribution in [0.15, 0.2) is 28.7 Å². The molecule has 1 aromatic heterocycles. The van der Waals surface area contributed by atoms with E-state index in [0.717, 1.165) is 19.4 Å². The highest BCUT2D eigenvalue weighted by molar-refractivity contribution is 5.97. The van der Waals surface area contributed by atoms with Gasteiger partial charge in [-0.25, -0.2) is 4.39 Å². The van der Waals surface area contributed by atoms with E-state index in [1.54, 1.807) is 18.2 Å². The summed E-state index contributed by atoms with van der Waals surface area (Å²) in [5, 5.41) is 3.90. The Bertz CT molecular complexity index is 584. The number of hydrogen-bond acceptors (Lipinski definition) is 3. The zero-order valence-electron chi connectivity index (χ0n) is 9.91. The van der Waals surface area contributed by atoms with Gasteiger partial charge in [-0.05, 0) is 31.5 Å². The van der Waals surface area contributed by atoms with Crippen LogP contribution in [0.2, 0.25) is 0 Å². The van der Waals surface area contributed by atoms with E-state index in [1.165, 1.54) is 6.07 Å². The van der Waals surface area contributed by atoms with Gasteiger partial charge in [-0.15, -0.1) is 0 Å². The molecule has 0 saturated carbocycles. The first kappa shape index (κ1) is 11.4. The lowest BCUT2D eigenvalue weighted by Gasteiger charge is -2.06. The molecule has 2 aromatic rings. The summed E-state index contributed by atoms with van der Waals surface area (Å²) in [5.74, 6) is -0.237. The normalized spacial score (nSPS) is 19.5. The summed E-state index contributed by atoms with van der Waals surface area (Å²) in [5.41, 5.74) is 0.167. The van der Waals surface area contributed by atoms with Crippen molar-refractivity contribution in [3.05, 3.63) is 35.8 Å². The van der Waals surface area contributed by atoms with Crippen LogP contribution in [0, 0.1) is 5.82 Å². The number of Topliss-reactive ketones (excluding diaryl/α,β-unsaturated/α-hetero) is 1. The van der Waals surface area contributed by atoms with E-state index in [0.29, 0.717) is 11.8 Å². The molecule has 1 atom stereocenters. The molecule has 0 amide bonds. The number of halogens is 1. The summed E-state index contributed by atoms with van der Waals surface area (Å²) in [6.45, 7) is 0.965. The Morgan fingerprint density at radius 1 is 1.50 bits per heavy atom. The predicted octanol–water partition coefficient (Wildman–Crippen LogP) is 2.90. The Balaban J connectivity index is 1.85. The number of furan rings is 1. The van der Waals surface area contributed by atoms with Gasteiger partial charge in [-0.1, -0.05) is 12.1 Å². The minimum Gasteiger partial charge on any atom is -0.450 e. The SMILES string of the molecule is O=C(CC1CCCN1)c1cc2cccc(F)c2o1. The van der Waals surface area contributed by atoms with Crippen LogP contribution in [0.5, 0.6) is 0 Å². The molecule has 0 spiro atoms. The van der Waals surface area contributed by atoms with Crippen molar-refractivity contribution in [1.29, 1.82) is 0 Å². The van der Waals surface area contributed by atoms with Crippen molar-refractivity contribution in [2.75, 3.05) is 6.54 Å². The molecule has 1 N–H and O–H groups in total. The van der Waals surface area contributed by atoms with Crippen molar-refractivity contribution >= 4 is 16.8 Å². The lowest BCUT2D eigenvalue weighted by atomic mass is 10.1. The number of nitrogens with one attached hydrogen (secondary N) is 1. The Morgan fingerprint density at radius 2 is 2.39 bits per heavy atom. The third-order valence-electron chi connectivity index (χ3n) is 3.37. The van der Waals surface area contributed by atoms with Gasteiger partial charge < -0.3 is 9.73 Å². The fourth-order valence-electron chi connectivity index (χ4n) is 2.42. The molecule has 4 heteroatoms. The van der Waals surface area contributed by atoms with Crippen molar-refractivity contribution in [2.45, 2.75) is 25.3 Å². The molecule has 3 rings (SSSR count). The molecule has 0 radical (unpaired) electrons. The zero-order chi connectivity index (χ0) is 12.5. The summed E-state index contributed by atoms with van der Waals surface area (Å²) in [6.07, 6.45) is 2.54. The van der Waals surface area contributed by atoms with Crippen LogP contribution in [-0.4, -0.2) is 18.4 Å². The first-order chi connectivity index (χ1) is 8.74. The topological polar surface area (TPSA) is 42.2 Å². The number of benzene rings is 1. The molecule has 1 aliphatic rings. The third-order valence-corrected chi connectivity index (χ3v) is 3.37. The number of hydrogen-bond donors (Lipinski definition) is 1. The molecule has 3 nitrogen and oxygen atoms in total. The van der Waals surface area contributed by atoms with Gasteiger partial charge >= 0.3 is 0 Å². The molecule has 2 heterocycles. The number of fused-ring (bicyclic) bond motifs is 1. The van der Waals surface area contributed by atoms with E-state index in [1.807, 2.05) is 0 Å². The number of ketones is 1. The van der Waals surface area contributed by atoms with Crippen molar-refractivity contribution in [2.24, 2.45) is 0 Å². The fraction of sp³-hybridized carbons (Fsp3) is 0.357. The quantitative estimate of drug-likeness (QED) is 0.848. The predicted molar refractivity (Wildman–Crippen MR) is 66.1 cm³/mol. The van der Waals surface area contributed by atoms with Gasteiger partial charge in [0.15, 0.2) is 22.9 Å². The summed E-state index contributed by atoms with van der Waals surface area (Å²) in [7, 11) is 0. The first-order valence-corrected chi connectivity index (χ1v) is 6.19. The highest BCUT2D eigenvalue weighted by atomic mass is 19.1. The van der Waals surface area contributed by atoms with Crippen LogP contribution in [0.4, 0.5) is 4.39 Å². The van der Waals surface area contributed by atoms with Crippen LogP contribution < -0.4 is 5.32 Å². The maximum Gasteiger partial charge on any atom is 0.199 e. The van der Waals surface area contributed by atoms with Crippen LogP contribution in [0.3, 0.4) is 0 Å². The molecular formula is C14H14FNO2. The minimum absolute atomic E-state index is 0.0648. The van der Waals surface area contributed by atoms with E-state index in [4.69, 9.17) is 4.42 Å². The van der Waals surface area contributed by atoms with Crippen molar-refractivity contribution in [3.63, 3.8) is 0 Å². The fourth-order valence-corrected chi connectivity index (χ4v) is 2.42. The zero-order valence-corrected chi connectivity index (χ0v) is 9.91. The smallest absolute Gasteiger partial charge is 0.199 e. The maximum atomic E-state index is 13.5. The largest absolute Gasteiger partial charge is 0.450 e. The van der Waals surface area contributed by atoms with E-state index >= 15 is 0 Å². The summed E-state index contributed by atoms with van der Waals surface area (Å²) in [6, 6.07) is 6.54. The lowest BCUT2D eigenvalue weighted by Crippen LogP contribution is -2.24. The number of carbonyl (C=O) groups excluding carboxylic acids is 1. The van der Waals surface area contributed by atoms with Crippen LogP contribution in [0.25, 0.3) is 11.0 Å². The van der Waals surface area contributed by atoms with E-state index in [2.05, 4.69) is 5.32 Å². The number of carbonyl (C=O) groups is 1. The third kappa shape index (κ3) is 2.04. The molecule has 1 saturated heterocycles. The standard InChI is InChI=1S/C14H14FNO2/c15-11-5-1-3-9-7-13(18-14(9)11)12(17)8-10-4-2-6-16-10/h1,3,5,7,10,16H,2,4,6,8H2. The Labute approximate surface area is 104 Å². The molecule has 1 aliphatic heterocycles. The minimum atomic E-state index is -0.425. The lowest BCUT2D eigenvalue weighted by molar-refractivity contribution is 0.0946. The summed E-state index contributed by atoms with van der Waals surface area (Å²) >= 11 is 0.